The second-order valence-corrected chi connectivity index (χ2v) is 5.61. The molecule has 1 aromatic heterocycles. The predicted molar refractivity (Wildman–Crippen MR) is 84.8 cm³/mol. The second kappa shape index (κ2) is 5.70. The summed E-state index contributed by atoms with van der Waals surface area (Å²) in [6, 6.07) is 15.2. The number of aromatic nitrogens is 1. The van der Waals surface area contributed by atoms with Crippen LogP contribution in [0.5, 0.6) is 0 Å². The highest BCUT2D eigenvalue weighted by molar-refractivity contribution is 5.84. The molecule has 2 N–H and O–H groups in total. The van der Waals surface area contributed by atoms with E-state index in [1.165, 1.54) is 17.0 Å². The van der Waals surface area contributed by atoms with Gasteiger partial charge in [0.05, 0.1) is 0 Å². The van der Waals surface area contributed by atoms with Gasteiger partial charge >= 0.3 is 0 Å². The van der Waals surface area contributed by atoms with E-state index in [-0.39, 0.29) is 11.9 Å². The van der Waals surface area contributed by atoms with Crippen molar-refractivity contribution in [3.05, 3.63) is 71.7 Å². The van der Waals surface area contributed by atoms with E-state index in [9.17, 15) is 4.39 Å². The van der Waals surface area contributed by atoms with Crippen molar-refractivity contribution in [2.45, 2.75) is 25.9 Å². The number of benzene rings is 2. The average Bonchev–Trinajstić information content (AvgIpc) is 2.77. The molecule has 0 aliphatic carbocycles. The second-order valence-electron chi connectivity index (χ2n) is 5.61. The van der Waals surface area contributed by atoms with Crippen molar-refractivity contribution in [3.8, 4) is 0 Å². The van der Waals surface area contributed by atoms with Gasteiger partial charge in [-0.05, 0) is 42.7 Å². The summed E-state index contributed by atoms with van der Waals surface area (Å²) in [5, 5.41) is 1.23. The molecule has 1 heterocycles. The number of nitrogens with zero attached hydrogens (tertiary/aromatic N) is 1. The molecule has 0 aliphatic rings. The Balaban J connectivity index is 2.02. The molecule has 3 aromatic rings. The molecule has 0 bridgehead atoms. The Morgan fingerprint density at radius 3 is 2.71 bits per heavy atom. The van der Waals surface area contributed by atoms with Crippen molar-refractivity contribution >= 4 is 10.9 Å². The van der Waals surface area contributed by atoms with E-state index in [1.54, 1.807) is 12.1 Å². The van der Waals surface area contributed by atoms with E-state index in [0.29, 0.717) is 6.54 Å². The quantitative estimate of drug-likeness (QED) is 0.777. The first kappa shape index (κ1) is 13.8. The lowest BCUT2D eigenvalue weighted by Crippen LogP contribution is -2.17. The molecule has 0 fully saturated rings. The summed E-state index contributed by atoms with van der Waals surface area (Å²) in [5.41, 5.74) is 9.31. The zero-order chi connectivity index (χ0) is 14.8. The minimum atomic E-state index is -0.195. The Kier molecular flexibility index (Phi) is 3.76. The first-order valence-electron chi connectivity index (χ1n) is 7.20. The number of hydrogen-bond donors (Lipinski definition) is 1. The first-order chi connectivity index (χ1) is 10.1. The number of rotatable bonds is 4. The molecule has 3 rings (SSSR count). The van der Waals surface area contributed by atoms with Crippen LogP contribution in [0.4, 0.5) is 4.39 Å². The third-order valence-corrected chi connectivity index (χ3v) is 3.65. The SMILES string of the molecule is CC(N)Cc1cn(Cc2cccc(F)c2)c2ccccc12. The van der Waals surface area contributed by atoms with Crippen LogP contribution in [0.3, 0.4) is 0 Å². The maximum atomic E-state index is 13.3. The van der Waals surface area contributed by atoms with E-state index in [1.807, 2.05) is 25.1 Å². The molecule has 1 unspecified atom stereocenters. The monoisotopic (exact) mass is 282 g/mol. The third kappa shape index (κ3) is 2.98. The van der Waals surface area contributed by atoms with Gasteiger partial charge in [0.1, 0.15) is 5.82 Å². The van der Waals surface area contributed by atoms with Gasteiger partial charge in [0.2, 0.25) is 0 Å². The number of halogens is 1. The largest absolute Gasteiger partial charge is 0.343 e. The van der Waals surface area contributed by atoms with Gasteiger partial charge < -0.3 is 10.3 Å². The lowest BCUT2D eigenvalue weighted by atomic mass is 10.1. The molecule has 2 aromatic carbocycles. The molecule has 0 radical (unpaired) electrons. The summed E-state index contributed by atoms with van der Waals surface area (Å²) in [5.74, 6) is -0.195. The number of hydrogen-bond acceptors (Lipinski definition) is 1. The molecule has 2 nitrogen and oxygen atoms in total. The van der Waals surface area contributed by atoms with Gasteiger partial charge in [0.25, 0.3) is 0 Å². The van der Waals surface area contributed by atoms with E-state index >= 15 is 0 Å². The number of para-hydroxylation sites is 1. The summed E-state index contributed by atoms with van der Waals surface area (Å²) >= 11 is 0. The molecule has 0 saturated heterocycles. The Hall–Kier alpha value is -2.13. The minimum Gasteiger partial charge on any atom is -0.343 e. The summed E-state index contributed by atoms with van der Waals surface area (Å²) in [7, 11) is 0. The van der Waals surface area contributed by atoms with Crippen molar-refractivity contribution in [3.63, 3.8) is 0 Å². The first-order valence-corrected chi connectivity index (χ1v) is 7.20. The third-order valence-electron chi connectivity index (χ3n) is 3.65. The van der Waals surface area contributed by atoms with Gasteiger partial charge in [-0.15, -0.1) is 0 Å². The number of nitrogens with two attached hydrogens (primary N) is 1. The Morgan fingerprint density at radius 1 is 1.14 bits per heavy atom. The highest BCUT2D eigenvalue weighted by Crippen LogP contribution is 2.23. The smallest absolute Gasteiger partial charge is 0.123 e. The van der Waals surface area contributed by atoms with Gasteiger partial charge in [0, 0.05) is 29.7 Å². The van der Waals surface area contributed by atoms with Crippen LogP contribution in [0.15, 0.2) is 54.7 Å². The highest BCUT2D eigenvalue weighted by atomic mass is 19.1. The maximum Gasteiger partial charge on any atom is 0.123 e. The van der Waals surface area contributed by atoms with Gasteiger partial charge in [-0.1, -0.05) is 30.3 Å². The van der Waals surface area contributed by atoms with E-state index in [4.69, 9.17) is 5.73 Å². The molecule has 0 spiro atoms. The summed E-state index contributed by atoms with van der Waals surface area (Å²) < 4.78 is 15.5. The molecule has 21 heavy (non-hydrogen) atoms. The van der Waals surface area contributed by atoms with Crippen LogP contribution in [-0.2, 0) is 13.0 Å². The molecule has 0 aliphatic heterocycles. The van der Waals surface area contributed by atoms with Gasteiger partial charge in [-0.25, -0.2) is 4.39 Å². The maximum absolute atomic E-state index is 13.3. The lowest BCUT2D eigenvalue weighted by Gasteiger charge is -2.05. The molecule has 0 amide bonds. The van der Waals surface area contributed by atoms with E-state index in [0.717, 1.165) is 17.5 Å². The van der Waals surface area contributed by atoms with Gasteiger partial charge in [-0.2, -0.15) is 0 Å². The predicted octanol–water partition coefficient (Wildman–Crippen LogP) is 3.72. The van der Waals surface area contributed by atoms with Crippen LogP contribution in [-0.4, -0.2) is 10.6 Å². The molecule has 108 valence electrons. The van der Waals surface area contributed by atoms with Gasteiger partial charge in [-0.3, -0.25) is 0 Å². The number of fused-ring (bicyclic) bond motifs is 1. The van der Waals surface area contributed by atoms with Crippen LogP contribution >= 0.6 is 0 Å². The van der Waals surface area contributed by atoms with Crippen molar-refractivity contribution in [1.29, 1.82) is 0 Å². The van der Waals surface area contributed by atoms with Crippen molar-refractivity contribution in [1.82, 2.24) is 4.57 Å². The summed E-state index contributed by atoms with van der Waals surface area (Å²) in [4.78, 5) is 0. The average molecular weight is 282 g/mol. The molecule has 3 heteroatoms. The lowest BCUT2D eigenvalue weighted by molar-refractivity contribution is 0.624. The van der Waals surface area contributed by atoms with Crippen LogP contribution < -0.4 is 5.73 Å². The van der Waals surface area contributed by atoms with Crippen LogP contribution in [0.1, 0.15) is 18.1 Å². The van der Waals surface area contributed by atoms with Crippen molar-refractivity contribution in [2.75, 3.05) is 0 Å². The highest BCUT2D eigenvalue weighted by Gasteiger charge is 2.10. The standard InChI is InChI=1S/C18H19FN2/c1-13(20)9-15-12-21(18-8-3-2-7-17(15)18)11-14-5-4-6-16(19)10-14/h2-8,10,12-13H,9,11,20H2,1H3. The zero-order valence-electron chi connectivity index (χ0n) is 12.1. The van der Waals surface area contributed by atoms with E-state index < -0.39 is 0 Å². The Labute approximate surface area is 124 Å². The topological polar surface area (TPSA) is 30.9 Å². The van der Waals surface area contributed by atoms with Crippen molar-refractivity contribution < 1.29 is 4.39 Å². The Morgan fingerprint density at radius 2 is 1.95 bits per heavy atom. The van der Waals surface area contributed by atoms with Crippen LogP contribution in [0, 0.1) is 5.82 Å². The Bertz CT molecular complexity index is 759. The summed E-state index contributed by atoms with van der Waals surface area (Å²) in [6.07, 6.45) is 2.98. The van der Waals surface area contributed by atoms with Crippen LogP contribution in [0.2, 0.25) is 0 Å². The van der Waals surface area contributed by atoms with Gasteiger partial charge in [0.15, 0.2) is 0 Å². The van der Waals surface area contributed by atoms with E-state index in [2.05, 4.69) is 22.9 Å². The fourth-order valence-electron chi connectivity index (χ4n) is 2.80. The summed E-state index contributed by atoms with van der Waals surface area (Å²) in [6.45, 7) is 2.68. The van der Waals surface area contributed by atoms with Crippen LogP contribution in [0.25, 0.3) is 10.9 Å². The molecular weight excluding hydrogens is 263 g/mol. The molecule has 1 atom stereocenters. The molecule has 0 saturated carbocycles. The minimum absolute atomic E-state index is 0.124. The fourth-order valence-corrected chi connectivity index (χ4v) is 2.80. The molecular formula is C18H19FN2. The van der Waals surface area contributed by atoms with Crippen molar-refractivity contribution in [2.24, 2.45) is 5.73 Å². The fraction of sp³-hybridized carbons (Fsp3) is 0.222. The normalized spacial score (nSPS) is 12.7. The zero-order valence-corrected chi connectivity index (χ0v) is 12.1.